The smallest absolute Gasteiger partial charge is 0.282 e. The van der Waals surface area contributed by atoms with Crippen molar-refractivity contribution in [2.75, 3.05) is 11.9 Å². The van der Waals surface area contributed by atoms with E-state index in [0.29, 0.717) is 22.4 Å². The highest BCUT2D eigenvalue weighted by Gasteiger charge is 2.16. The molecule has 0 radical (unpaired) electrons. The van der Waals surface area contributed by atoms with Gasteiger partial charge in [0, 0.05) is 33.8 Å². The number of aromatic nitrogens is 2. The van der Waals surface area contributed by atoms with Gasteiger partial charge in [-0.25, -0.2) is 4.98 Å². The Kier molecular flexibility index (Phi) is 7.96. The maximum Gasteiger partial charge on any atom is 0.282 e. The van der Waals surface area contributed by atoms with Gasteiger partial charge in [0.1, 0.15) is 11.6 Å². The molecule has 0 aliphatic carbocycles. The fourth-order valence-corrected chi connectivity index (χ4v) is 3.99. The third kappa shape index (κ3) is 6.12. The number of carbonyl (C=O) groups is 1. The number of ether oxygens (including phenoxy) is 1. The number of halogens is 1. The molecule has 194 valence electrons. The molecule has 38 heavy (non-hydrogen) atoms. The molecule has 1 amide bonds. The maximum absolute atomic E-state index is 13.3. The average molecular weight is 578 g/mol. The van der Waals surface area contributed by atoms with E-state index in [2.05, 4.69) is 31.3 Å². The number of amides is 1. The van der Waals surface area contributed by atoms with Gasteiger partial charge in [-0.05, 0) is 43.3 Å². The zero-order valence-electron chi connectivity index (χ0n) is 20.8. The highest BCUT2D eigenvalue weighted by molar-refractivity contribution is 9.10. The molecule has 0 unspecified atom stereocenters. The van der Waals surface area contributed by atoms with Gasteiger partial charge in [0.2, 0.25) is 0 Å². The number of nitro benzene ring substituents is 1. The molecule has 4 aromatic rings. The summed E-state index contributed by atoms with van der Waals surface area (Å²) in [6, 6.07) is 16.4. The Labute approximate surface area is 226 Å². The van der Waals surface area contributed by atoms with E-state index in [-0.39, 0.29) is 35.1 Å². The minimum absolute atomic E-state index is 0.140. The Bertz CT molecular complexity index is 1610. The lowest BCUT2D eigenvalue weighted by atomic mass is 10.2. The zero-order chi connectivity index (χ0) is 27.4. The third-order valence-electron chi connectivity index (χ3n) is 5.56. The molecular weight excluding hydrogens is 554 g/mol. The van der Waals surface area contributed by atoms with Crippen molar-refractivity contribution in [3.05, 3.63) is 103 Å². The summed E-state index contributed by atoms with van der Waals surface area (Å²) in [5.41, 5.74) is 1.85. The summed E-state index contributed by atoms with van der Waals surface area (Å²) in [5.74, 6) is 0.0670. The van der Waals surface area contributed by atoms with Gasteiger partial charge >= 0.3 is 0 Å². The number of hydrogen-bond acceptors (Lipinski definition) is 7. The van der Waals surface area contributed by atoms with Gasteiger partial charge in [-0.3, -0.25) is 19.7 Å². The van der Waals surface area contributed by atoms with Crippen molar-refractivity contribution < 1.29 is 14.5 Å². The first-order valence-electron chi connectivity index (χ1n) is 11.7. The molecule has 0 bridgehead atoms. The van der Waals surface area contributed by atoms with Gasteiger partial charge < -0.3 is 10.1 Å². The Morgan fingerprint density at radius 3 is 2.61 bits per heavy atom. The summed E-state index contributed by atoms with van der Waals surface area (Å²) in [6.07, 6.45) is 1.29. The molecule has 0 saturated heterocycles. The first-order chi connectivity index (χ1) is 18.1. The van der Waals surface area contributed by atoms with E-state index in [4.69, 9.17) is 4.74 Å². The van der Waals surface area contributed by atoms with E-state index in [0.717, 1.165) is 10.0 Å². The van der Waals surface area contributed by atoms with Crippen molar-refractivity contribution in [2.24, 2.45) is 5.10 Å². The van der Waals surface area contributed by atoms with Crippen LogP contribution >= 0.6 is 15.9 Å². The number of anilines is 1. The molecule has 1 heterocycles. The molecular formula is C27H24BrN5O5. The Balaban J connectivity index is 1.67. The van der Waals surface area contributed by atoms with Crippen molar-refractivity contribution in [2.45, 2.75) is 26.7 Å². The number of nitro groups is 1. The van der Waals surface area contributed by atoms with Crippen LogP contribution in [0.4, 0.5) is 11.4 Å². The second-order valence-corrected chi connectivity index (χ2v) is 9.75. The molecule has 0 atom stereocenters. The number of nitrogens with zero attached hydrogens (tertiary/aromatic N) is 4. The average Bonchev–Trinajstić information content (AvgIpc) is 2.88. The van der Waals surface area contributed by atoms with Crippen LogP contribution in [0.25, 0.3) is 10.9 Å². The first-order valence-corrected chi connectivity index (χ1v) is 12.5. The Hall–Kier alpha value is -4.38. The fraction of sp³-hybridized carbons (Fsp3) is 0.185. The van der Waals surface area contributed by atoms with Gasteiger partial charge in [0.25, 0.3) is 17.2 Å². The second kappa shape index (κ2) is 11.3. The molecule has 1 N–H and O–H groups in total. The fourth-order valence-electron chi connectivity index (χ4n) is 3.63. The SMILES string of the molecule is Cc1ccc(NC(=O)COc2ccc([N+](=O)[O-])cc2C=Nn2c(C(C)C)nc3ccc(Br)cc3c2=O)cc1. The minimum atomic E-state index is -0.550. The molecule has 0 spiro atoms. The molecule has 0 fully saturated rings. The van der Waals surface area contributed by atoms with E-state index < -0.39 is 10.8 Å². The van der Waals surface area contributed by atoms with Crippen LogP contribution in [0.15, 0.2) is 75.0 Å². The minimum Gasteiger partial charge on any atom is -0.483 e. The molecule has 0 aliphatic rings. The predicted octanol–water partition coefficient (Wildman–Crippen LogP) is 5.40. The van der Waals surface area contributed by atoms with Gasteiger partial charge in [-0.2, -0.15) is 9.78 Å². The van der Waals surface area contributed by atoms with Gasteiger partial charge in [0.15, 0.2) is 6.61 Å². The van der Waals surface area contributed by atoms with Crippen molar-refractivity contribution >= 4 is 50.3 Å². The van der Waals surface area contributed by atoms with E-state index in [1.807, 2.05) is 32.9 Å². The number of carbonyl (C=O) groups excluding carboxylic acids is 1. The zero-order valence-corrected chi connectivity index (χ0v) is 22.4. The van der Waals surface area contributed by atoms with Gasteiger partial charge in [-0.15, -0.1) is 0 Å². The molecule has 11 heteroatoms. The number of rotatable bonds is 8. The lowest BCUT2D eigenvalue weighted by molar-refractivity contribution is -0.384. The summed E-state index contributed by atoms with van der Waals surface area (Å²) in [4.78, 5) is 41.2. The summed E-state index contributed by atoms with van der Waals surface area (Å²) in [6.45, 7) is 5.37. The van der Waals surface area contributed by atoms with E-state index in [9.17, 15) is 19.7 Å². The topological polar surface area (TPSA) is 129 Å². The van der Waals surface area contributed by atoms with Gasteiger partial charge in [-0.1, -0.05) is 47.5 Å². The van der Waals surface area contributed by atoms with Gasteiger partial charge in [0.05, 0.1) is 22.0 Å². The summed E-state index contributed by atoms with van der Waals surface area (Å²) >= 11 is 3.37. The lowest BCUT2D eigenvalue weighted by Gasteiger charge is -2.13. The Morgan fingerprint density at radius 2 is 1.92 bits per heavy atom. The first kappa shape index (κ1) is 26.7. The van der Waals surface area contributed by atoms with Crippen molar-refractivity contribution in [1.29, 1.82) is 0 Å². The predicted molar refractivity (Wildman–Crippen MR) is 149 cm³/mol. The highest BCUT2D eigenvalue weighted by atomic mass is 79.9. The van der Waals surface area contributed by atoms with E-state index in [1.54, 1.807) is 30.3 Å². The quantitative estimate of drug-likeness (QED) is 0.169. The summed E-state index contributed by atoms with van der Waals surface area (Å²) in [5, 5.41) is 18.8. The van der Waals surface area contributed by atoms with Crippen molar-refractivity contribution in [1.82, 2.24) is 9.66 Å². The van der Waals surface area contributed by atoms with Crippen LogP contribution in [0.1, 0.15) is 36.7 Å². The molecule has 0 aliphatic heterocycles. The second-order valence-electron chi connectivity index (χ2n) is 8.83. The normalized spacial score (nSPS) is 11.3. The standard InChI is InChI=1S/C27H24BrN5O5/c1-16(2)26-31-23-10-6-19(28)13-22(23)27(35)32(26)29-14-18-12-21(33(36)37)9-11-24(18)38-15-25(34)30-20-7-4-17(3)5-8-20/h4-14,16H,15H2,1-3H3,(H,30,34). The van der Waals surface area contributed by atoms with Crippen molar-refractivity contribution in [3.8, 4) is 5.75 Å². The van der Waals surface area contributed by atoms with Crippen LogP contribution < -0.4 is 15.6 Å². The summed E-state index contributed by atoms with van der Waals surface area (Å²) in [7, 11) is 0. The van der Waals surface area contributed by atoms with E-state index >= 15 is 0 Å². The molecule has 0 saturated carbocycles. The van der Waals surface area contributed by atoms with Crippen LogP contribution in [0.3, 0.4) is 0 Å². The number of fused-ring (bicyclic) bond motifs is 1. The van der Waals surface area contributed by atoms with Crippen LogP contribution in [-0.2, 0) is 4.79 Å². The van der Waals surface area contributed by atoms with Crippen LogP contribution in [-0.4, -0.2) is 33.3 Å². The Morgan fingerprint density at radius 1 is 1.18 bits per heavy atom. The number of aryl methyl sites for hydroxylation is 1. The third-order valence-corrected chi connectivity index (χ3v) is 6.05. The van der Waals surface area contributed by atoms with Crippen LogP contribution in [0, 0.1) is 17.0 Å². The number of non-ortho nitro benzene ring substituents is 1. The number of hydrogen-bond donors (Lipinski definition) is 1. The summed E-state index contributed by atoms with van der Waals surface area (Å²) < 4.78 is 7.57. The molecule has 10 nitrogen and oxygen atoms in total. The molecule has 3 aromatic carbocycles. The maximum atomic E-state index is 13.3. The van der Waals surface area contributed by atoms with Crippen molar-refractivity contribution in [3.63, 3.8) is 0 Å². The molecule has 4 rings (SSSR count). The number of nitrogens with one attached hydrogen (secondary N) is 1. The number of benzene rings is 3. The van der Waals surface area contributed by atoms with Crippen LogP contribution in [0.2, 0.25) is 0 Å². The largest absolute Gasteiger partial charge is 0.483 e. The van der Waals surface area contributed by atoms with E-state index in [1.165, 1.54) is 29.1 Å². The highest BCUT2D eigenvalue weighted by Crippen LogP contribution is 2.24. The van der Waals surface area contributed by atoms with Crippen LogP contribution in [0.5, 0.6) is 5.75 Å². The lowest BCUT2D eigenvalue weighted by Crippen LogP contribution is -2.23. The molecule has 1 aromatic heterocycles. The monoisotopic (exact) mass is 577 g/mol.